The van der Waals surface area contributed by atoms with E-state index in [0.29, 0.717) is 18.0 Å². The van der Waals surface area contributed by atoms with Gasteiger partial charge >= 0.3 is 0 Å². The number of rotatable bonds is 4. The molecular formula is C20H21N3O3S. The van der Waals surface area contributed by atoms with Crippen molar-refractivity contribution in [3.8, 4) is 5.69 Å². The summed E-state index contributed by atoms with van der Waals surface area (Å²) in [6.07, 6.45) is 0.845. The van der Waals surface area contributed by atoms with Gasteiger partial charge in [0.2, 0.25) is 5.91 Å². The third-order valence-corrected chi connectivity index (χ3v) is 6.00. The molecule has 0 spiro atoms. The van der Waals surface area contributed by atoms with Crippen LogP contribution in [0, 0.1) is 6.92 Å². The number of hydrogen-bond donors (Lipinski definition) is 1. The molecule has 7 heteroatoms. The maximum atomic E-state index is 12.9. The third kappa shape index (κ3) is 3.24. The molecule has 0 bridgehead atoms. The summed E-state index contributed by atoms with van der Waals surface area (Å²) in [6, 6.07) is 11.5. The third-order valence-electron chi connectivity index (χ3n) is 4.95. The Balaban J connectivity index is 1.57. The van der Waals surface area contributed by atoms with Gasteiger partial charge in [-0.2, -0.15) is 0 Å². The number of benzene rings is 1. The molecule has 1 aliphatic rings. The molecule has 1 aliphatic heterocycles. The Morgan fingerprint density at radius 3 is 2.85 bits per heavy atom. The van der Waals surface area contributed by atoms with E-state index in [4.69, 9.17) is 4.74 Å². The average Bonchev–Trinajstić information content (AvgIpc) is 3.23. The highest BCUT2D eigenvalue weighted by Crippen LogP contribution is 2.34. The van der Waals surface area contributed by atoms with Crippen molar-refractivity contribution in [2.75, 3.05) is 11.9 Å². The number of thiophene rings is 1. The zero-order chi connectivity index (χ0) is 19.0. The first-order valence-electron chi connectivity index (χ1n) is 8.88. The van der Waals surface area contributed by atoms with E-state index in [0.717, 1.165) is 17.0 Å². The molecule has 0 unspecified atom stereocenters. The molecule has 3 heterocycles. The lowest BCUT2D eigenvalue weighted by Crippen LogP contribution is -2.25. The predicted molar refractivity (Wildman–Crippen MR) is 106 cm³/mol. The van der Waals surface area contributed by atoms with Gasteiger partial charge in [0, 0.05) is 11.9 Å². The highest BCUT2D eigenvalue weighted by Gasteiger charge is 2.26. The minimum absolute atomic E-state index is 0.201. The van der Waals surface area contributed by atoms with Crippen LogP contribution in [-0.2, 0) is 23.0 Å². The molecule has 3 aromatic rings. The molecule has 0 saturated carbocycles. The summed E-state index contributed by atoms with van der Waals surface area (Å²) in [5, 5.41) is 4.84. The average molecular weight is 383 g/mol. The maximum absolute atomic E-state index is 12.9. The SMILES string of the molecule is Cc1c(NC(=O)C[C@H]2OCCc3ccsc32)c(=O)n(-c2ccccc2)n1C. The smallest absolute Gasteiger partial charge is 0.295 e. The summed E-state index contributed by atoms with van der Waals surface area (Å²) < 4.78 is 9.10. The first kappa shape index (κ1) is 17.8. The number of ether oxygens (including phenoxy) is 1. The zero-order valence-electron chi connectivity index (χ0n) is 15.3. The molecule has 27 heavy (non-hydrogen) atoms. The van der Waals surface area contributed by atoms with Crippen molar-refractivity contribution in [1.82, 2.24) is 9.36 Å². The van der Waals surface area contributed by atoms with Crippen LogP contribution >= 0.6 is 11.3 Å². The first-order valence-corrected chi connectivity index (χ1v) is 9.76. The molecule has 0 radical (unpaired) electrons. The summed E-state index contributed by atoms with van der Waals surface area (Å²) in [5.74, 6) is -0.215. The van der Waals surface area contributed by atoms with Gasteiger partial charge in [-0.1, -0.05) is 18.2 Å². The van der Waals surface area contributed by atoms with E-state index in [2.05, 4.69) is 11.4 Å². The van der Waals surface area contributed by atoms with E-state index in [1.54, 1.807) is 20.7 Å². The molecule has 1 N–H and O–H groups in total. The van der Waals surface area contributed by atoms with E-state index in [1.165, 1.54) is 5.56 Å². The van der Waals surface area contributed by atoms with Crippen LogP contribution in [0.3, 0.4) is 0 Å². The topological polar surface area (TPSA) is 65.3 Å². The fourth-order valence-electron chi connectivity index (χ4n) is 3.45. The number of nitrogens with one attached hydrogen (secondary N) is 1. The van der Waals surface area contributed by atoms with Gasteiger partial charge in [-0.3, -0.25) is 14.3 Å². The number of para-hydroxylation sites is 1. The molecule has 1 aromatic carbocycles. The number of amides is 1. The second kappa shape index (κ2) is 7.17. The Morgan fingerprint density at radius 2 is 2.07 bits per heavy atom. The fraction of sp³-hybridized carbons (Fsp3) is 0.300. The van der Waals surface area contributed by atoms with E-state index >= 15 is 0 Å². The highest BCUT2D eigenvalue weighted by molar-refractivity contribution is 7.10. The van der Waals surface area contributed by atoms with E-state index in [1.807, 2.05) is 49.7 Å². The lowest BCUT2D eigenvalue weighted by molar-refractivity contribution is -0.119. The van der Waals surface area contributed by atoms with Crippen molar-refractivity contribution >= 4 is 22.9 Å². The quantitative estimate of drug-likeness (QED) is 0.752. The van der Waals surface area contributed by atoms with Crippen molar-refractivity contribution in [2.45, 2.75) is 25.9 Å². The van der Waals surface area contributed by atoms with Crippen LogP contribution in [0.1, 0.15) is 28.7 Å². The van der Waals surface area contributed by atoms with Gasteiger partial charge < -0.3 is 10.1 Å². The van der Waals surface area contributed by atoms with Gasteiger partial charge in [0.25, 0.3) is 5.56 Å². The van der Waals surface area contributed by atoms with Gasteiger partial charge in [-0.05, 0) is 42.5 Å². The molecule has 0 saturated heterocycles. The Labute approximate surface area is 161 Å². The lowest BCUT2D eigenvalue weighted by Gasteiger charge is -2.22. The normalized spacial score (nSPS) is 16.1. The number of fused-ring (bicyclic) bond motifs is 1. The van der Waals surface area contributed by atoms with Gasteiger partial charge in [0.05, 0.1) is 24.4 Å². The molecule has 1 atom stereocenters. The van der Waals surface area contributed by atoms with Crippen molar-refractivity contribution in [1.29, 1.82) is 0 Å². The van der Waals surface area contributed by atoms with Crippen molar-refractivity contribution < 1.29 is 9.53 Å². The van der Waals surface area contributed by atoms with Crippen LogP contribution in [0.4, 0.5) is 5.69 Å². The fourth-order valence-corrected chi connectivity index (χ4v) is 4.45. The monoisotopic (exact) mass is 383 g/mol. The molecule has 0 fully saturated rings. The van der Waals surface area contributed by atoms with Crippen LogP contribution in [0.5, 0.6) is 0 Å². The van der Waals surface area contributed by atoms with Crippen LogP contribution in [0.15, 0.2) is 46.6 Å². The van der Waals surface area contributed by atoms with Gasteiger partial charge in [0.15, 0.2) is 0 Å². The summed E-state index contributed by atoms with van der Waals surface area (Å²) >= 11 is 1.62. The zero-order valence-corrected chi connectivity index (χ0v) is 16.1. The predicted octanol–water partition coefficient (Wildman–Crippen LogP) is 3.19. The Bertz CT molecular complexity index is 1030. The number of aromatic nitrogens is 2. The van der Waals surface area contributed by atoms with Crippen LogP contribution < -0.4 is 10.9 Å². The largest absolute Gasteiger partial charge is 0.372 e. The molecular weight excluding hydrogens is 362 g/mol. The maximum Gasteiger partial charge on any atom is 0.295 e. The molecule has 4 rings (SSSR count). The van der Waals surface area contributed by atoms with Gasteiger partial charge in [-0.25, -0.2) is 4.68 Å². The number of carbonyl (C=O) groups is 1. The Morgan fingerprint density at radius 1 is 1.30 bits per heavy atom. The summed E-state index contributed by atoms with van der Waals surface area (Å²) in [7, 11) is 1.81. The summed E-state index contributed by atoms with van der Waals surface area (Å²) in [6.45, 7) is 2.44. The van der Waals surface area contributed by atoms with Crippen LogP contribution in [0.2, 0.25) is 0 Å². The van der Waals surface area contributed by atoms with E-state index < -0.39 is 0 Å². The second-order valence-corrected chi connectivity index (χ2v) is 7.56. The van der Waals surface area contributed by atoms with Crippen molar-refractivity contribution in [3.05, 3.63) is 68.3 Å². The number of nitrogens with zero attached hydrogens (tertiary/aromatic N) is 2. The van der Waals surface area contributed by atoms with Crippen molar-refractivity contribution in [2.24, 2.45) is 7.05 Å². The highest BCUT2D eigenvalue weighted by atomic mass is 32.1. The second-order valence-electron chi connectivity index (χ2n) is 6.61. The van der Waals surface area contributed by atoms with E-state index in [-0.39, 0.29) is 24.0 Å². The lowest BCUT2D eigenvalue weighted by atomic mass is 10.1. The molecule has 140 valence electrons. The minimum atomic E-state index is -0.242. The van der Waals surface area contributed by atoms with Crippen LogP contribution in [-0.4, -0.2) is 21.9 Å². The van der Waals surface area contributed by atoms with Crippen LogP contribution in [0.25, 0.3) is 5.69 Å². The molecule has 2 aromatic heterocycles. The summed E-state index contributed by atoms with van der Waals surface area (Å²) in [4.78, 5) is 26.6. The van der Waals surface area contributed by atoms with Gasteiger partial charge in [0.1, 0.15) is 11.8 Å². The Kier molecular flexibility index (Phi) is 4.72. The number of hydrogen-bond acceptors (Lipinski definition) is 4. The molecule has 0 aliphatic carbocycles. The molecule has 6 nitrogen and oxygen atoms in total. The standard InChI is InChI=1S/C20H21N3O3S/c1-13-18(20(25)23(22(13)2)15-6-4-3-5-7-15)21-17(24)12-16-19-14(8-10-26-16)9-11-27-19/h3-7,9,11,16H,8,10,12H2,1-2H3,(H,21,24)/t16-/m1/s1. The first-order chi connectivity index (χ1) is 13.1. The van der Waals surface area contributed by atoms with Crippen molar-refractivity contribution in [3.63, 3.8) is 0 Å². The van der Waals surface area contributed by atoms with E-state index in [9.17, 15) is 9.59 Å². The minimum Gasteiger partial charge on any atom is -0.372 e. The Hall–Kier alpha value is -2.64. The number of carbonyl (C=O) groups excluding carboxylic acids is 1. The molecule has 1 amide bonds. The summed E-state index contributed by atoms with van der Waals surface area (Å²) in [5.41, 5.74) is 2.79. The van der Waals surface area contributed by atoms with Gasteiger partial charge in [-0.15, -0.1) is 11.3 Å². The number of anilines is 1.